The van der Waals surface area contributed by atoms with Gasteiger partial charge in [-0.2, -0.15) is 0 Å². The first-order chi connectivity index (χ1) is 16.9. The van der Waals surface area contributed by atoms with E-state index in [1.165, 1.54) is 0 Å². The van der Waals surface area contributed by atoms with Gasteiger partial charge >= 0.3 is 17.9 Å². The topological polar surface area (TPSA) is 88.1 Å². The quantitative estimate of drug-likeness (QED) is 0.177. The van der Waals surface area contributed by atoms with Crippen molar-refractivity contribution in [3.8, 4) is 0 Å². The zero-order valence-corrected chi connectivity index (χ0v) is 20.9. The molecule has 1 fully saturated rings. The fourth-order valence-electron chi connectivity index (χ4n) is 3.60. The van der Waals surface area contributed by atoms with Crippen LogP contribution >= 0.6 is 22.6 Å². The van der Waals surface area contributed by atoms with E-state index in [1.54, 1.807) is 97.9 Å². The number of ether oxygens (including phenoxy) is 4. The van der Waals surface area contributed by atoms with Gasteiger partial charge in [-0.3, -0.25) is 0 Å². The molecule has 0 aliphatic carbocycles. The highest BCUT2D eigenvalue weighted by Crippen LogP contribution is 2.33. The maximum Gasteiger partial charge on any atom is 0.340 e. The van der Waals surface area contributed by atoms with Gasteiger partial charge in [-0.05, 0) is 43.3 Å². The van der Waals surface area contributed by atoms with Gasteiger partial charge in [0.25, 0.3) is 0 Å². The summed E-state index contributed by atoms with van der Waals surface area (Å²) < 4.78 is 22.8. The summed E-state index contributed by atoms with van der Waals surface area (Å²) in [5.41, 5.74) is 0.963. The number of alkyl halides is 1. The minimum Gasteiger partial charge on any atom is -0.453 e. The first-order valence-electron chi connectivity index (χ1n) is 11.0. The monoisotopic (exact) mass is 586 g/mol. The molecule has 1 aliphatic heterocycles. The van der Waals surface area contributed by atoms with E-state index in [4.69, 9.17) is 18.9 Å². The molecule has 0 aromatic heterocycles. The van der Waals surface area contributed by atoms with Crippen molar-refractivity contribution in [2.24, 2.45) is 0 Å². The van der Waals surface area contributed by atoms with Crippen LogP contribution in [0.1, 0.15) is 38.0 Å². The smallest absolute Gasteiger partial charge is 0.340 e. The second-order valence-electron chi connectivity index (χ2n) is 7.90. The molecule has 0 radical (unpaired) electrons. The SMILES string of the molecule is C[C@@H]1O[C@H](OC(=O)c2ccccc2)[C@H](OC(=O)c2ccccc2)[C@@H](OC(=O)c2ccccc2)[C@H]1I. The summed E-state index contributed by atoms with van der Waals surface area (Å²) in [6.45, 7) is 1.78. The van der Waals surface area contributed by atoms with E-state index in [2.05, 4.69) is 22.6 Å². The Hall–Kier alpha value is -3.24. The van der Waals surface area contributed by atoms with Gasteiger partial charge in [0.1, 0.15) is 0 Å². The van der Waals surface area contributed by atoms with Crippen LogP contribution in [0.2, 0.25) is 0 Å². The van der Waals surface area contributed by atoms with E-state index >= 15 is 0 Å². The standard InChI is InChI=1S/C27H23IO7/c1-17-21(28)22(33-24(29)18-11-5-2-6-12-18)23(34-25(30)19-13-7-3-8-14-19)27(32-17)35-26(31)20-15-9-4-10-16-20/h2-17,21-23,27H,1H3/t17-,21-,22-,23+,27+/m0/s1. The number of halogens is 1. The number of carbonyl (C=O) groups excluding carboxylic acids is 3. The molecule has 1 saturated heterocycles. The summed E-state index contributed by atoms with van der Waals surface area (Å²) >= 11 is 2.10. The Morgan fingerprint density at radius 2 is 1.00 bits per heavy atom. The molecule has 0 spiro atoms. The van der Waals surface area contributed by atoms with Gasteiger partial charge in [0.05, 0.1) is 26.7 Å². The third kappa shape index (κ3) is 6.07. The van der Waals surface area contributed by atoms with E-state index in [0.29, 0.717) is 16.7 Å². The largest absolute Gasteiger partial charge is 0.453 e. The minimum atomic E-state index is -1.29. The molecule has 5 atom stereocenters. The third-order valence-electron chi connectivity index (χ3n) is 5.44. The Bertz CT molecular complexity index is 1150. The lowest BCUT2D eigenvalue weighted by Gasteiger charge is -2.42. The number of esters is 3. The summed E-state index contributed by atoms with van der Waals surface area (Å²) in [5.74, 6) is -1.89. The zero-order chi connectivity index (χ0) is 24.8. The van der Waals surface area contributed by atoms with Gasteiger partial charge in [-0.25, -0.2) is 14.4 Å². The maximum absolute atomic E-state index is 12.9. The van der Waals surface area contributed by atoms with Crippen molar-refractivity contribution in [3.05, 3.63) is 108 Å². The Morgan fingerprint density at radius 1 is 0.629 bits per heavy atom. The Kier molecular flexibility index (Phi) is 8.14. The highest BCUT2D eigenvalue weighted by Gasteiger charge is 2.50. The molecule has 0 saturated carbocycles. The van der Waals surface area contributed by atoms with Crippen LogP contribution < -0.4 is 0 Å². The second-order valence-corrected chi connectivity index (χ2v) is 9.34. The predicted molar refractivity (Wildman–Crippen MR) is 135 cm³/mol. The van der Waals surface area contributed by atoms with Crippen molar-refractivity contribution >= 4 is 40.5 Å². The highest BCUT2D eigenvalue weighted by atomic mass is 127. The van der Waals surface area contributed by atoms with Crippen LogP contribution in [0.4, 0.5) is 0 Å². The number of benzene rings is 3. The van der Waals surface area contributed by atoms with Crippen molar-refractivity contribution in [1.29, 1.82) is 0 Å². The van der Waals surface area contributed by atoms with Gasteiger partial charge in [0.15, 0.2) is 6.10 Å². The summed E-state index contributed by atoms with van der Waals surface area (Å²) in [4.78, 5) is 38.6. The second kappa shape index (κ2) is 11.5. The lowest BCUT2D eigenvalue weighted by Crippen LogP contribution is -2.58. The minimum absolute atomic E-state index is 0.303. The summed E-state index contributed by atoms with van der Waals surface area (Å²) in [6, 6.07) is 25.3. The van der Waals surface area contributed by atoms with Gasteiger partial charge < -0.3 is 18.9 Å². The fraction of sp³-hybridized carbons (Fsp3) is 0.222. The van der Waals surface area contributed by atoms with E-state index in [1.807, 2.05) is 0 Å². The van der Waals surface area contributed by atoms with Crippen LogP contribution in [-0.4, -0.2) is 46.4 Å². The number of carbonyl (C=O) groups is 3. The van der Waals surface area contributed by atoms with Crippen molar-refractivity contribution < 1.29 is 33.3 Å². The van der Waals surface area contributed by atoms with E-state index in [9.17, 15) is 14.4 Å². The molecule has 7 nitrogen and oxygen atoms in total. The van der Waals surface area contributed by atoms with Crippen molar-refractivity contribution in [2.75, 3.05) is 0 Å². The predicted octanol–water partition coefficient (Wildman–Crippen LogP) is 4.84. The van der Waals surface area contributed by atoms with Crippen LogP contribution in [0.15, 0.2) is 91.0 Å². The van der Waals surface area contributed by atoms with Crippen LogP contribution in [0.25, 0.3) is 0 Å². The summed E-state index contributed by atoms with van der Waals surface area (Å²) in [7, 11) is 0. The number of hydrogen-bond acceptors (Lipinski definition) is 7. The molecule has 3 aromatic carbocycles. The van der Waals surface area contributed by atoms with Crippen LogP contribution in [0, 0.1) is 0 Å². The average molecular weight is 586 g/mol. The van der Waals surface area contributed by atoms with Crippen molar-refractivity contribution in [1.82, 2.24) is 0 Å². The molecule has 1 aliphatic rings. The highest BCUT2D eigenvalue weighted by molar-refractivity contribution is 14.1. The van der Waals surface area contributed by atoms with Gasteiger partial charge in [-0.15, -0.1) is 0 Å². The molecule has 4 rings (SSSR count). The summed E-state index contributed by atoms with van der Waals surface area (Å²) in [5, 5.41) is 0. The van der Waals surface area contributed by atoms with Crippen LogP contribution in [0.5, 0.6) is 0 Å². The average Bonchev–Trinajstić information content (AvgIpc) is 2.90. The Labute approximate surface area is 216 Å². The zero-order valence-electron chi connectivity index (χ0n) is 18.8. The van der Waals surface area contributed by atoms with Gasteiger partial charge in [-0.1, -0.05) is 77.2 Å². The Morgan fingerprint density at radius 3 is 1.43 bits per heavy atom. The molecule has 0 N–H and O–H groups in total. The summed E-state index contributed by atoms with van der Waals surface area (Å²) in [6.07, 6.45) is -3.89. The van der Waals surface area contributed by atoms with Crippen molar-refractivity contribution in [3.63, 3.8) is 0 Å². The van der Waals surface area contributed by atoms with Gasteiger partial charge in [0.2, 0.25) is 12.4 Å². The fourth-order valence-corrected chi connectivity index (χ4v) is 4.32. The molecule has 3 aromatic rings. The lowest BCUT2D eigenvalue weighted by molar-refractivity contribution is -0.236. The van der Waals surface area contributed by atoms with Crippen molar-refractivity contribution in [2.45, 2.75) is 35.5 Å². The first kappa shape index (κ1) is 24.9. The molecular weight excluding hydrogens is 563 g/mol. The van der Waals surface area contributed by atoms with Crippen LogP contribution in [0.3, 0.4) is 0 Å². The molecule has 1 heterocycles. The van der Waals surface area contributed by atoms with E-state index in [0.717, 1.165) is 0 Å². The Balaban J connectivity index is 1.63. The van der Waals surface area contributed by atoms with E-state index in [-0.39, 0.29) is 3.92 Å². The normalized spacial score (nSPS) is 23.7. The molecule has 0 amide bonds. The van der Waals surface area contributed by atoms with Crippen LogP contribution in [-0.2, 0) is 18.9 Å². The van der Waals surface area contributed by atoms with Gasteiger partial charge in [0, 0.05) is 0 Å². The molecule has 8 heteroatoms. The number of rotatable bonds is 6. The maximum atomic E-state index is 12.9. The molecule has 180 valence electrons. The molecular formula is C27H23IO7. The van der Waals surface area contributed by atoms with E-state index < -0.39 is 42.5 Å². The molecule has 35 heavy (non-hydrogen) atoms. The number of hydrogen-bond donors (Lipinski definition) is 0. The first-order valence-corrected chi connectivity index (χ1v) is 12.3. The third-order valence-corrected chi connectivity index (χ3v) is 7.16. The molecule has 0 bridgehead atoms. The molecule has 0 unspecified atom stereocenters. The lowest BCUT2D eigenvalue weighted by atomic mass is 10.0.